The first-order valence-electron chi connectivity index (χ1n) is 6.90. The lowest BCUT2D eigenvalue weighted by Gasteiger charge is -2.12. The van der Waals surface area contributed by atoms with E-state index in [0.29, 0.717) is 18.7 Å². The van der Waals surface area contributed by atoms with Crippen LogP contribution >= 0.6 is 0 Å². The Morgan fingerprint density at radius 3 is 2.81 bits per heavy atom. The minimum Gasteiger partial charge on any atom is -0.465 e. The van der Waals surface area contributed by atoms with Gasteiger partial charge in [-0.1, -0.05) is 18.2 Å². The second kappa shape index (κ2) is 7.93. The molecule has 2 rings (SSSR count). The monoisotopic (exact) mass is 293 g/mol. The number of nitrogens with one attached hydrogen (secondary N) is 1. The molecule has 2 aromatic rings. The summed E-state index contributed by atoms with van der Waals surface area (Å²) in [5.74, 6) is 1.39. The number of furan rings is 1. The van der Waals surface area contributed by atoms with E-state index in [9.17, 15) is 9.50 Å². The van der Waals surface area contributed by atoms with Crippen LogP contribution in [0.5, 0.6) is 0 Å². The molecule has 0 saturated carbocycles. The van der Waals surface area contributed by atoms with Gasteiger partial charge in [-0.3, -0.25) is 0 Å². The first kappa shape index (κ1) is 15.7. The summed E-state index contributed by atoms with van der Waals surface area (Å²) in [6.45, 7) is 3.13. The number of benzene rings is 1. The van der Waals surface area contributed by atoms with Crippen LogP contribution in [0.15, 0.2) is 40.8 Å². The van der Waals surface area contributed by atoms with Crippen molar-refractivity contribution in [3.05, 3.63) is 59.3 Å². The molecule has 0 radical (unpaired) electrons. The molecule has 0 spiro atoms. The van der Waals surface area contributed by atoms with E-state index < -0.39 is 6.10 Å². The summed E-state index contributed by atoms with van der Waals surface area (Å²) in [5.41, 5.74) is 0.490. The van der Waals surface area contributed by atoms with Crippen molar-refractivity contribution in [1.82, 2.24) is 5.32 Å². The predicted molar refractivity (Wildman–Crippen MR) is 77.2 cm³/mol. The summed E-state index contributed by atoms with van der Waals surface area (Å²) in [7, 11) is 0. The van der Waals surface area contributed by atoms with E-state index >= 15 is 0 Å². The standard InChI is InChI=1S/C16H20FNO3/c1-12-6-7-15(21-12)9-18-8-14(19)11-20-10-13-4-2-3-5-16(13)17/h2-7,14,18-19H,8-11H2,1H3. The van der Waals surface area contributed by atoms with Gasteiger partial charge < -0.3 is 19.6 Å². The smallest absolute Gasteiger partial charge is 0.128 e. The second-order valence-electron chi connectivity index (χ2n) is 4.90. The van der Waals surface area contributed by atoms with Gasteiger partial charge in [-0.15, -0.1) is 0 Å². The van der Waals surface area contributed by atoms with Crippen LogP contribution in [-0.4, -0.2) is 24.4 Å². The Kier molecular flexibility index (Phi) is 5.92. The molecule has 1 atom stereocenters. The molecule has 1 heterocycles. The molecule has 0 aliphatic carbocycles. The molecule has 0 amide bonds. The molecule has 114 valence electrons. The van der Waals surface area contributed by atoms with Crippen molar-refractivity contribution in [3.63, 3.8) is 0 Å². The first-order valence-corrected chi connectivity index (χ1v) is 6.90. The maximum absolute atomic E-state index is 13.3. The summed E-state index contributed by atoms with van der Waals surface area (Å²) in [5, 5.41) is 12.8. The van der Waals surface area contributed by atoms with Crippen LogP contribution in [0.4, 0.5) is 4.39 Å². The number of halogens is 1. The van der Waals surface area contributed by atoms with Gasteiger partial charge in [0.25, 0.3) is 0 Å². The highest BCUT2D eigenvalue weighted by molar-refractivity contribution is 5.16. The van der Waals surface area contributed by atoms with Gasteiger partial charge in [-0.2, -0.15) is 0 Å². The van der Waals surface area contributed by atoms with Crippen LogP contribution in [0.25, 0.3) is 0 Å². The van der Waals surface area contributed by atoms with Crippen molar-refractivity contribution < 1.29 is 18.7 Å². The zero-order chi connectivity index (χ0) is 15.1. The highest BCUT2D eigenvalue weighted by Crippen LogP contribution is 2.08. The molecule has 0 aliphatic heterocycles. The molecule has 1 unspecified atom stereocenters. The van der Waals surface area contributed by atoms with E-state index in [1.54, 1.807) is 18.2 Å². The van der Waals surface area contributed by atoms with Gasteiger partial charge in [0.05, 0.1) is 25.9 Å². The van der Waals surface area contributed by atoms with Crippen LogP contribution < -0.4 is 5.32 Å². The number of hydrogen-bond acceptors (Lipinski definition) is 4. The summed E-state index contributed by atoms with van der Waals surface area (Å²) < 4.78 is 24.1. The van der Waals surface area contributed by atoms with E-state index in [1.807, 2.05) is 19.1 Å². The van der Waals surface area contributed by atoms with E-state index in [2.05, 4.69) is 5.32 Å². The van der Waals surface area contributed by atoms with Crippen molar-refractivity contribution in [2.24, 2.45) is 0 Å². The molecule has 0 saturated heterocycles. The minimum absolute atomic E-state index is 0.151. The summed E-state index contributed by atoms with van der Waals surface area (Å²) in [6, 6.07) is 10.2. The first-order chi connectivity index (χ1) is 10.1. The number of aliphatic hydroxyl groups is 1. The van der Waals surface area contributed by atoms with E-state index in [-0.39, 0.29) is 19.0 Å². The SMILES string of the molecule is Cc1ccc(CNCC(O)COCc2ccccc2F)o1. The largest absolute Gasteiger partial charge is 0.465 e. The zero-order valence-corrected chi connectivity index (χ0v) is 12.0. The third-order valence-corrected chi connectivity index (χ3v) is 3.00. The molecule has 0 bridgehead atoms. The normalized spacial score (nSPS) is 12.5. The minimum atomic E-state index is -0.646. The Bertz CT molecular complexity index is 556. The average molecular weight is 293 g/mol. The van der Waals surface area contributed by atoms with Gasteiger partial charge in [0.1, 0.15) is 17.3 Å². The molecule has 0 aliphatic rings. The fraction of sp³-hybridized carbons (Fsp3) is 0.375. The van der Waals surface area contributed by atoms with Crippen molar-refractivity contribution in [2.75, 3.05) is 13.2 Å². The van der Waals surface area contributed by atoms with E-state index in [4.69, 9.17) is 9.15 Å². The van der Waals surface area contributed by atoms with Crippen LogP contribution in [0.2, 0.25) is 0 Å². The average Bonchev–Trinajstić information content (AvgIpc) is 2.87. The highest BCUT2D eigenvalue weighted by atomic mass is 19.1. The number of rotatable bonds is 8. The van der Waals surface area contributed by atoms with Gasteiger partial charge in [0, 0.05) is 12.1 Å². The third-order valence-electron chi connectivity index (χ3n) is 3.00. The van der Waals surface area contributed by atoms with Crippen LogP contribution in [-0.2, 0) is 17.9 Å². The summed E-state index contributed by atoms with van der Waals surface area (Å²) in [4.78, 5) is 0. The molecule has 1 aromatic carbocycles. The van der Waals surface area contributed by atoms with Gasteiger partial charge in [0.2, 0.25) is 0 Å². The van der Waals surface area contributed by atoms with Gasteiger partial charge in [-0.25, -0.2) is 4.39 Å². The molecular formula is C16H20FNO3. The molecule has 4 nitrogen and oxygen atoms in total. The number of aryl methyl sites for hydroxylation is 1. The lowest BCUT2D eigenvalue weighted by molar-refractivity contribution is 0.0276. The molecule has 1 aromatic heterocycles. The quantitative estimate of drug-likeness (QED) is 0.784. The molecule has 0 fully saturated rings. The second-order valence-corrected chi connectivity index (χ2v) is 4.90. The lowest BCUT2D eigenvalue weighted by atomic mass is 10.2. The van der Waals surface area contributed by atoms with Crippen molar-refractivity contribution in [3.8, 4) is 0 Å². The van der Waals surface area contributed by atoms with Gasteiger partial charge in [0.15, 0.2) is 0 Å². The van der Waals surface area contributed by atoms with Crippen molar-refractivity contribution >= 4 is 0 Å². The summed E-state index contributed by atoms with van der Waals surface area (Å²) in [6.07, 6.45) is -0.646. The predicted octanol–water partition coefficient (Wildman–Crippen LogP) is 2.39. The van der Waals surface area contributed by atoms with Crippen molar-refractivity contribution in [2.45, 2.75) is 26.2 Å². The van der Waals surface area contributed by atoms with Gasteiger partial charge in [-0.05, 0) is 25.1 Å². The Labute approximate surface area is 123 Å². The maximum Gasteiger partial charge on any atom is 0.128 e. The van der Waals surface area contributed by atoms with E-state index in [0.717, 1.165) is 11.5 Å². The fourth-order valence-corrected chi connectivity index (χ4v) is 1.92. The van der Waals surface area contributed by atoms with Crippen LogP contribution in [0.3, 0.4) is 0 Å². The summed E-state index contributed by atoms with van der Waals surface area (Å²) >= 11 is 0. The van der Waals surface area contributed by atoms with Crippen LogP contribution in [0, 0.1) is 12.7 Å². The molecule has 21 heavy (non-hydrogen) atoms. The lowest BCUT2D eigenvalue weighted by Crippen LogP contribution is -2.30. The van der Waals surface area contributed by atoms with Crippen molar-refractivity contribution in [1.29, 1.82) is 0 Å². The molecule has 2 N–H and O–H groups in total. The third kappa shape index (κ3) is 5.30. The molecular weight excluding hydrogens is 273 g/mol. The number of hydrogen-bond donors (Lipinski definition) is 2. The fourth-order valence-electron chi connectivity index (χ4n) is 1.92. The Morgan fingerprint density at radius 2 is 2.10 bits per heavy atom. The van der Waals surface area contributed by atoms with Crippen LogP contribution in [0.1, 0.15) is 17.1 Å². The maximum atomic E-state index is 13.3. The number of ether oxygens (including phenoxy) is 1. The Hall–Kier alpha value is -1.69. The Balaban J connectivity index is 1.61. The molecule has 5 heteroatoms. The number of aliphatic hydroxyl groups excluding tert-OH is 1. The Morgan fingerprint density at radius 1 is 1.29 bits per heavy atom. The van der Waals surface area contributed by atoms with Gasteiger partial charge >= 0.3 is 0 Å². The topological polar surface area (TPSA) is 54.6 Å². The van der Waals surface area contributed by atoms with E-state index in [1.165, 1.54) is 6.07 Å². The highest BCUT2D eigenvalue weighted by Gasteiger charge is 2.06. The zero-order valence-electron chi connectivity index (χ0n) is 12.0.